The third kappa shape index (κ3) is 3.20. The molecule has 0 bridgehead atoms. The highest BCUT2D eigenvalue weighted by molar-refractivity contribution is 5.78. The van der Waals surface area contributed by atoms with Crippen molar-refractivity contribution in [2.45, 2.75) is 33.7 Å². The zero-order valence-electron chi connectivity index (χ0n) is 10.7. The van der Waals surface area contributed by atoms with Gasteiger partial charge < -0.3 is 4.90 Å². The molecule has 0 N–H and O–H groups in total. The highest BCUT2D eigenvalue weighted by Gasteiger charge is 2.30. The van der Waals surface area contributed by atoms with Crippen LogP contribution in [0.1, 0.15) is 27.7 Å². The van der Waals surface area contributed by atoms with E-state index in [2.05, 4.69) is 18.7 Å². The Balaban J connectivity index is 2.25. The molecule has 0 unspecified atom stereocenters. The Hall–Kier alpha value is -0.570. The van der Waals surface area contributed by atoms with Crippen molar-refractivity contribution in [3.05, 3.63) is 0 Å². The van der Waals surface area contributed by atoms with Gasteiger partial charge in [0.25, 0.3) is 0 Å². The van der Waals surface area contributed by atoms with Crippen LogP contribution in [0.4, 0.5) is 0 Å². The molecule has 0 radical (unpaired) electrons. The molecule has 0 atom stereocenters. The summed E-state index contributed by atoms with van der Waals surface area (Å²) in [6.45, 7) is 11.4. The van der Waals surface area contributed by atoms with E-state index in [1.54, 1.807) is 0 Å². The van der Waals surface area contributed by atoms with Crippen molar-refractivity contribution in [3.8, 4) is 0 Å². The van der Waals surface area contributed by atoms with Crippen molar-refractivity contribution in [2.75, 3.05) is 26.7 Å². The number of likely N-dealkylation sites (N-methyl/N-ethyl adjacent to an activating group) is 1. The number of hydrogen-bond acceptors (Lipinski definition) is 2. The summed E-state index contributed by atoms with van der Waals surface area (Å²) in [5.41, 5.74) is 0. The monoisotopic (exact) mass is 212 g/mol. The first-order valence-electron chi connectivity index (χ1n) is 5.89. The fourth-order valence-electron chi connectivity index (χ4n) is 1.75. The molecule has 1 rings (SSSR count). The van der Waals surface area contributed by atoms with E-state index in [9.17, 15) is 4.79 Å². The zero-order valence-corrected chi connectivity index (χ0v) is 10.7. The van der Waals surface area contributed by atoms with Gasteiger partial charge in [-0.05, 0) is 25.7 Å². The molecule has 1 fully saturated rings. The van der Waals surface area contributed by atoms with Gasteiger partial charge in [0.15, 0.2) is 0 Å². The molecular weight excluding hydrogens is 188 g/mol. The first-order chi connectivity index (χ1) is 6.91. The molecule has 1 aliphatic heterocycles. The molecule has 3 heteroatoms. The first-order valence-corrected chi connectivity index (χ1v) is 5.89. The largest absolute Gasteiger partial charge is 0.342 e. The van der Waals surface area contributed by atoms with Crippen LogP contribution in [0.15, 0.2) is 0 Å². The van der Waals surface area contributed by atoms with Crippen molar-refractivity contribution >= 4 is 5.91 Å². The molecule has 1 saturated heterocycles. The Labute approximate surface area is 93.4 Å². The van der Waals surface area contributed by atoms with Gasteiger partial charge in [0, 0.05) is 26.2 Å². The Morgan fingerprint density at radius 3 is 2.27 bits per heavy atom. The molecular formula is C12H24N2O. The van der Waals surface area contributed by atoms with Crippen molar-refractivity contribution < 1.29 is 4.79 Å². The van der Waals surface area contributed by atoms with Crippen LogP contribution in [0, 0.1) is 11.8 Å². The third-order valence-electron chi connectivity index (χ3n) is 3.46. The van der Waals surface area contributed by atoms with E-state index in [0.29, 0.717) is 12.6 Å². The number of carbonyl (C=O) groups is 1. The second-order valence-electron chi connectivity index (χ2n) is 5.30. The molecule has 1 aliphatic rings. The molecule has 0 aliphatic carbocycles. The van der Waals surface area contributed by atoms with Crippen LogP contribution < -0.4 is 0 Å². The fraction of sp³-hybridized carbons (Fsp3) is 0.917. The lowest BCUT2D eigenvalue weighted by Gasteiger charge is -2.42. The SMILES string of the molecule is CC(C)C1CN(CC(=O)N(C)C(C)C)C1. The van der Waals surface area contributed by atoms with E-state index in [1.165, 1.54) is 0 Å². The van der Waals surface area contributed by atoms with Gasteiger partial charge in [0.1, 0.15) is 0 Å². The number of rotatable bonds is 4. The lowest BCUT2D eigenvalue weighted by Crippen LogP contribution is -2.53. The van der Waals surface area contributed by atoms with Gasteiger partial charge in [-0.2, -0.15) is 0 Å². The Kier molecular flexibility index (Phi) is 4.14. The van der Waals surface area contributed by atoms with E-state index in [1.807, 2.05) is 25.8 Å². The fourth-order valence-corrected chi connectivity index (χ4v) is 1.75. The van der Waals surface area contributed by atoms with E-state index in [-0.39, 0.29) is 5.91 Å². The first kappa shape index (κ1) is 12.5. The van der Waals surface area contributed by atoms with Crippen LogP contribution in [0.25, 0.3) is 0 Å². The predicted molar refractivity (Wildman–Crippen MR) is 62.7 cm³/mol. The highest BCUT2D eigenvalue weighted by atomic mass is 16.2. The molecule has 0 aromatic rings. The van der Waals surface area contributed by atoms with Crippen molar-refractivity contribution in [2.24, 2.45) is 11.8 Å². The van der Waals surface area contributed by atoms with Crippen LogP contribution >= 0.6 is 0 Å². The average molecular weight is 212 g/mol. The number of nitrogens with zero attached hydrogens (tertiary/aromatic N) is 2. The van der Waals surface area contributed by atoms with E-state index < -0.39 is 0 Å². The Morgan fingerprint density at radius 1 is 1.33 bits per heavy atom. The molecule has 15 heavy (non-hydrogen) atoms. The number of likely N-dealkylation sites (tertiary alicyclic amines) is 1. The van der Waals surface area contributed by atoms with Gasteiger partial charge in [0.05, 0.1) is 6.54 Å². The minimum absolute atomic E-state index is 0.243. The summed E-state index contributed by atoms with van der Waals surface area (Å²) in [4.78, 5) is 15.8. The standard InChI is InChI=1S/C12H24N2O/c1-9(2)11-6-14(7-11)8-12(15)13(5)10(3)4/h9-11H,6-8H2,1-5H3. The Bertz CT molecular complexity index is 220. The van der Waals surface area contributed by atoms with E-state index >= 15 is 0 Å². The maximum atomic E-state index is 11.7. The summed E-state index contributed by atoms with van der Waals surface area (Å²) in [5, 5.41) is 0. The van der Waals surface area contributed by atoms with Gasteiger partial charge in [-0.1, -0.05) is 13.8 Å². The smallest absolute Gasteiger partial charge is 0.236 e. The molecule has 0 aromatic heterocycles. The molecule has 0 spiro atoms. The number of amides is 1. The minimum Gasteiger partial charge on any atom is -0.342 e. The summed E-state index contributed by atoms with van der Waals surface area (Å²) in [6.07, 6.45) is 0. The predicted octanol–water partition coefficient (Wildman–Crippen LogP) is 1.44. The average Bonchev–Trinajstić information content (AvgIpc) is 2.07. The van der Waals surface area contributed by atoms with Crippen LogP contribution in [-0.2, 0) is 4.79 Å². The zero-order chi connectivity index (χ0) is 11.6. The number of hydrogen-bond donors (Lipinski definition) is 0. The summed E-state index contributed by atoms with van der Waals surface area (Å²) < 4.78 is 0. The van der Waals surface area contributed by atoms with Crippen molar-refractivity contribution in [1.29, 1.82) is 0 Å². The maximum Gasteiger partial charge on any atom is 0.236 e. The molecule has 88 valence electrons. The molecule has 1 heterocycles. The van der Waals surface area contributed by atoms with Crippen LogP contribution in [0.5, 0.6) is 0 Å². The highest BCUT2D eigenvalue weighted by Crippen LogP contribution is 2.22. The van der Waals surface area contributed by atoms with Crippen LogP contribution in [0.2, 0.25) is 0 Å². The van der Waals surface area contributed by atoms with Gasteiger partial charge in [-0.25, -0.2) is 0 Å². The topological polar surface area (TPSA) is 23.6 Å². The summed E-state index contributed by atoms with van der Waals surface area (Å²) in [7, 11) is 1.88. The van der Waals surface area contributed by atoms with Gasteiger partial charge in [-0.3, -0.25) is 9.69 Å². The van der Waals surface area contributed by atoms with E-state index in [4.69, 9.17) is 0 Å². The third-order valence-corrected chi connectivity index (χ3v) is 3.46. The second kappa shape index (κ2) is 4.97. The Morgan fingerprint density at radius 2 is 1.87 bits per heavy atom. The van der Waals surface area contributed by atoms with Gasteiger partial charge in [0.2, 0.25) is 5.91 Å². The second-order valence-corrected chi connectivity index (χ2v) is 5.30. The van der Waals surface area contributed by atoms with Crippen LogP contribution in [0.3, 0.4) is 0 Å². The summed E-state index contributed by atoms with van der Waals surface area (Å²) >= 11 is 0. The van der Waals surface area contributed by atoms with Crippen molar-refractivity contribution in [1.82, 2.24) is 9.80 Å². The van der Waals surface area contributed by atoms with Gasteiger partial charge >= 0.3 is 0 Å². The molecule has 0 saturated carbocycles. The van der Waals surface area contributed by atoms with Crippen LogP contribution in [-0.4, -0.2) is 48.4 Å². The normalized spacial score (nSPS) is 18.3. The quantitative estimate of drug-likeness (QED) is 0.704. The van der Waals surface area contributed by atoms with Crippen molar-refractivity contribution in [3.63, 3.8) is 0 Å². The summed E-state index contributed by atoms with van der Waals surface area (Å²) in [5.74, 6) is 1.79. The minimum atomic E-state index is 0.243. The lowest BCUT2D eigenvalue weighted by molar-refractivity contribution is -0.134. The number of carbonyl (C=O) groups excluding carboxylic acids is 1. The van der Waals surface area contributed by atoms with Gasteiger partial charge in [-0.15, -0.1) is 0 Å². The molecule has 0 aromatic carbocycles. The molecule has 3 nitrogen and oxygen atoms in total. The molecule has 1 amide bonds. The lowest BCUT2D eigenvalue weighted by atomic mass is 9.88. The van der Waals surface area contributed by atoms with E-state index in [0.717, 1.165) is 24.9 Å². The summed E-state index contributed by atoms with van der Waals surface area (Å²) in [6, 6.07) is 0.305. The maximum absolute atomic E-state index is 11.7.